The minimum Gasteiger partial charge on any atom is -0.380 e. The van der Waals surface area contributed by atoms with Crippen LogP contribution in [-0.2, 0) is 18.4 Å². The summed E-state index contributed by atoms with van der Waals surface area (Å²) >= 11 is 0. The molecule has 1 atom stereocenters. The lowest BCUT2D eigenvalue weighted by molar-refractivity contribution is -0.384. The van der Waals surface area contributed by atoms with Crippen LogP contribution in [0.25, 0.3) is 0 Å². The molecule has 3 rings (SSSR count). The lowest BCUT2D eigenvalue weighted by Crippen LogP contribution is -2.26. The first-order valence-electron chi connectivity index (χ1n) is 7.83. The zero-order valence-electron chi connectivity index (χ0n) is 13.8. The van der Waals surface area contributed by atoms with Crippen LogP contribution in [0.3, 0.4) is 0 Å². The molecule has 1 aliphatic rings. The number of rotatable bonds is 6. The molecule has 1 aromatic carbocycles. The third-order valence-corrected chi connectivity index (χ3v) is 4.20. The summed E-state index contributed by atoms with van der Waals surface area (Å²) in [6.45, 7) is 2.16. The van der Waals surface area contributed by atoms with Gasteiger partial charge in [-0.25, -0.2) is 0 Å². The first-order chi connectivity index (χ1) is 11.6. The van der Waals surface area contributed by atoms with Gasteiger partial charge in [-0.15, -0.1) is 0 Å². The van der Waals surface area contributed by atoms with E-state index in [1.165, 1.54) is 6.07 Å². The molecule has 2 aromatic rings. The molecule has 1 saturated heterocycles. The van der Waals surface area contributed by atoms with Crippen LogP contribution >= 0.6 is 0 Å². The van der Waals surface area contributed by atoms with Crippen LogP contribution in [0, 0.1) is 10.1 Å². The molecule has 0 bridgehead atoms. The second-order valence-corrected chi connectivity index (χ2v) is 5.98. The van der Waals surface area contributed by atoms with Gasteiger partial charge in [-0.2, -0.15) is 5.10 Å². The summed E-state index contributed by atoms with van der Waals surface area (Å²) in [5.41, 5.74) is 2.88. The van der Waals surface area contributed by atoms with Gasteiger partial charge in [0.05, 0.1) is 23.4 Å². The summed E-state index contributed by atoms with van der Waals surface area (Å²) in [7, 11) is 3.49. The van der Waals surface area contributed by atoms with Gasteiger partial charge in [0.1, 0.15) is 0 Å². The maximum atomic E-state index is 10.9. The highest BCUT2D eigenvalue weighted by Gasteiger charge is 2.24. The Morgan fingerprint density at radius 1 is 1.50 bits per heavy atom. The third kappa shape index (κ3) is 3.48. The molecule has 128 valence electrons. The molecule has 0 amide bonds. The van der Waals surface area contributed by atoms with Crippen molar-refractivity contribution in [3.8, 4) is 0 Å². The van der Waals surface area contributed by atoms with Crippen molar-refractivity contribution in [2.45, 2.75) is 19.1 Å². The molecule has 0 aliphatic carbocycles. The molecule has 1 unspecified atom stereocenters. The van der Waals surface area contributed by atoms with Gasteiger partial charge in [-0.3, -0.25) is 14.8 Å². The van der Waals surface area contributed by atoms with Gasteiger partial charge < -0.3 is 15.0 Å². The van der Waals surface area contributed by atoms with Crippen LogP contribution in [0.5, 0.6) is 0 Å². The Bertz CT molecular complexity index is 730. The van der Waals surface area contributed by atoms with E-state index < -0.39 is 0 Å². The SMILES string of the molecule is COCc1cc([N+](=O)[O-])ccc1NC1CCN(c2cnn(C)c2)C1. The zero-order chi connectivity index (χ0) is 17.1. The maximum absolute atomic E-state index is 10.9. The predicted octanol–water partition coefficient (Wildman–Crippen LogP) is 2.17. The van der Waals surface area contributed by atoms with E-state index in [1.807, 2.05) is 19.4 Å². The maximum Gasteiger partial charge on any atom is 0.269 e. The number of aryl methyl sites for hydroxylation is 1. The monoisotopic (exact) mass is 331 g/mol. The van der Waals surface area contributed by atoms with Gasteiger partial charge in [-0.1, -0.05) is 0 Å². The summed E-state index contributed by atoms with van der Waals surface area (Å²) < 4.78 is 6.97. The van der Waals surface area contributed by atoms with Crippen LogP contribution in [0.4, 0.5) is 17.1 Å². The van der Waals surface area contributed by atoms with Crippen molar-refractivity contribution in [1.82, 2.24) is 9.78 Å². The molecule has 0 saturated carbocycles. The van der Waals surface area contributed by atoms with Gasteiger partial charge in [0.2, 0.25) is 0 Å². The normalized spacial score (nSPS) is 17.2. The van der Waals surface area contributed by atoms with Crippen molar-refractivity contribution in [2.24, 2.45) is 7.05 Å². The van der Waals surface area contributed by atoms with E-state index in [0.717, 1.165) is 36.4 Å². The molecular formula is C16H21N5O3. The van der Waals surface area contributed by atoms with Crippen molar-refractivity contribution in [3.63, 3.8) is 0 Å². The lowest BCUT2D eigenvalue weighted by atomic mass is 10.1. The first kappa shape index (κ1) is 16.3. The second-order valence-electron chi connectivity index (χ2n) is 5.98. The van der Waals surface area contributed by atoms with E-state index in [-0.39, 0.29) is 16.7 Å². The second kappa shape index (κ2) is 6.88. The number of hydrogen-bond acceptors (Lipinski definition) is 6. The van der Waals surface area contributed by atoms with Crippen LogP contribution in [0.15, 0.2) is 30.6 Å². The summed E-state index contributed by atoms with van der Waals surface area (Å²) in [6.07, 6.45) is 4.87. The Kier molecular flexibility index (Phi) is 4.66. The van der Waals surface area contributed by atoms with Crippen molar-refractivity contribution in [2.75, 3.05) is 30.4 Å². The minimum atomic E-state index is -0.386. The molecule has 1 N–H and O–H groups in total. The fourth-order valence-electron chi connectivity index (χ4n) is 3.01. The van der Waals surface area contributed by atoms with E-state index in [9.17, 15) is 10.1 Å². The largest absolute Gasteiger partial charge is 0.380 e. The topological polar surface area (TPSA) is 85.5 Å². The predicted molar refractivity (Wildman–Crippen MR) is 91.3 cm³/mol. The van der Waals surface area contributed by atoms with Gasteiger partial charge in [-0.05, 0) is 12.5 Å². The molecule has 24 heavy (non-hydrogen) atoms. The van der Waals surface area contributed by atoms with Crippen molar-refractivity contribution >= 4 is 17.1 Å². The highest BCUT2D eigenvalue weighted by Crippen LogP contribution is 2.26. The Morgan fingerprint density at radius 3 is 3.00 bits per heavy atom. The standard InChI is InChI=1S/C16H21N5O3/c1-19-10-15(8-17-19)20-6-5-13(9-20)18-16-4-3-14(21(22)23)7-12(16)11-24-2/h3-4,7-8,10,13,18H,5-6,9,11H2,1-2H3. The smallest absolute Gasteiger partial charge is 0.269 e. The molecule has 2 heterocycles. The number of anilines is 2. The number of hydrogen-bond donors (Lipinski definition) is 1. The summed E-state index contributed by atoms with van der Waals surface area (Å²) in [4.78, 5) is 12.8. The highest BCUT2D eigenvalue weighted by molar-refractivity contribution is 5.57. The van der Waals surface area contributed by atoms with Gasteiger partial charge in [0.25, 0.3) is 5.69 Å². The van der Waals surface area contributed by atoms with E-state index in [1.54, 1.807) is 23.9 Å². The quantitative estimate of drug-likeness (QED) is 0.645. The zero-order valence-corrected chi connectivity index (χ0v) is 13.8. The van der Waals surface area contributed by atoms with Crippen LogP contribution in [0.2, 0.25) is 0 Å². The average molecular weight is 331 g/mol. The lowest BCUT2D eigenvalue weighted by Gasteiger charge is -2.19. The average Bonchev–Trinajstić information content (AvgIpc) is 3.18. The number of ether oxygens (including phenoxy) is 1. The number of aromatic nitrogens is 2. The Hall–Kier alpha value is -2.61. The number of nitrogens with zero attached hydrogens (tertiary/aromatic N) is 4. The molecule has 1 aromatic heterocycles. The molecule has 0 radical (unpaired) electrons. The molecule has 1 fully saturated rings. The van der Waals surface area contributed by atoms with Gasteiger partial charge in [0, 0.05) is 62.9 Å². The summed E-state index contributed by atoms with van der Waals surface area (Å²) in [5, 5.41) is 18.6. The van der Waals surface area contributed by atoms with Crippen LogP contribution in [-0.4, -0.2) is 40.9 Å². The van der Waals surface area contributed by atoms with Gasteiger partial charge >= 0.3 is 0 Å². The molecule has 8 heteroatoms. The number of nitro benzene ring substituents is 1. The summed E-state index contributed by atoms with van der Waals surface area (Å²) in [5.74, 6) is 0. The van der Waals surface area contributed by atoms with Crippen LogP contribution in [0.1, 0.15) is 12.0 Å². The fraction of sp³-hybridized carbons (Fsp3) is 0.438. The summed E-state index contributed by atoms with van der Waals surface area (Å²) in [6, 6.07) is 5.14. The Morgan fingerprint density at radius 2 is 2.33 bits per heavy atom. The number of non-ortho nitro benzene ring substituents is 1. The molecule has 8 nitrogen and oxygen atoms in total. The van der Waals surface area contributed by atoms with Crippen molar-refractivity contribution < 1.29 is 9.66 Å². The number of nitrogens with one attached hydrogen (secondary N) is 1. The number of methoxy groups -OCH3 is 1. The fourth-order valence-corrected chi connectivity index (χ4v) is 3.01. The molecular weight excluding hydrogens is 310 g/mol. The minimum absolute atomic E-state index is 0.0796. The number of nitro groups is 1. The number of benzene rings is 1. The van der Waals surface area contributed by atoms with E-state index in [0.29, 0.717) is 6.61 Å². The Balaban J connectivity index is 1.70. The first-order valence-corrected chi connectivity index (χ1v) is 7.83. The van der Waals surface area contributed by atoms with E-state index in [4.69, 9.17) is 4.74 Å². The highest BCUT2D eigenvalue weighted by atomic mass is 16.6. The van der Waals surface area contributed by atoms with Crippen molar-refractivity contribution in [3.05, 3.63) is 46.3 Å². The third-order valence-electron chi connectivity index (χ3n) is 4.20. The van der Waals surface area contributed by atoms with E-state index >= 15 is 0 Å². The molecule has 1 aliphatic heterocycles. The van der Waals surface area contributed by atoms with Crippen molar-refractivity contribution in [1.29, 1.82) is 0 Å². The molecule has 0 spiro atoms. The van der Waals surface area contributed by atoms with E-state index in [2.05, 4.69) is 15.3 Å². The van der Waals surface area contributed by atoms with Crippen LogP contribution < -0.4 is 10.2 Å². The Labute approximate surface area is 140 Å². The van der Waals surface area contributed by atoms with Gasteiger partial charge in [0.15, 0.2) is 0 Å².